The lowest BCUT2D eigenvalue weighted by atomic mass is 10.1. The Morgan fingerprint density at radius 3 is 2.69 bits per heavy atom. The second-order valence-corrected chi connectivity index (χ2v) is 7.75. The number of carbonyl (C=O) groups excluding carboxylic acids is 1. The molecule has 1 amide bonds. The van der Waals surface area contributed by atoms with Crippen LogP contribution < -0.4 is 0 Å². The van der Waals surface area contributed by atoms with E-state index in [1.54, 1.807) is 11.8 Å². The summed E-state index contributed by atoms with van der Waals surface area (Å²) in [6, 6.07) is 18.4. The Kier molecular flexibility index (Phi) is 4.93. The molecule has 0 radical (unpaired) electrons. The summed E-state index contributed by atoms with van der Waals surface area (Å²) in [6.07, 6.45) is 3.28. The molecule has 0 spiro atoms. The molecule has 3 aromatic rings. The number of hydrogen-bond donors (Lipinski definition) is 0. The smallest absolute Gasteiger partial charge is 0.232 e. The van der Waals surface area contributed by atoms with E-state index in [9.17, 15) is 4.79 Å². The van der Waals surface area contributed by atoms with Gasteiger partial charge in [-0.25, -0.2) is 0 Å². The summed E-state index contributed by atoms with van der Waals surface area (Å²) >= 11 is 1.67. The van der Waals surface area contributed by atoms with Crippen molar-refractivity contribution in [1.29, 1.82) is 0 Å². The van der Waals surface area contributed by atoms with Crippen molar-refractivity contribution in [2.24, 2.45) is 0 Å². The Balaban J connectivity index is 1.52. The second-order valence-electron chi connectivity index (χ2n) is 6.76. The van der Waals surface area contributed by atoms with Crippen LogP contribution in [0.1, 0.15) is 23.2 Å². The molecular formula is C22H22N2OS. The van der Waals surface area contributed by atoms with Gasteiger partial charge in [-0.3, -0.25) is 9.78 Å². The van der Waals surface area contributed by atoms with Crippen molar-refractivity contribution in [2.75, 3.05) is 12.8 Å². The number of thioether (sulfide) groups is 1. The van der Waals surface area contributed by atoms with Gasteiger partial charge in [0.1, 0.15) is 0 Å². The lowest BCUT2D eigenvalue weighted by Gasteiger charge is -2.18. The van der Waals surface area contributed by atoms with E-state index in [1.165, 1.54) is 21.5 Å². The third kappa shape index (κ3) is 3.47. The highest BCUT2D eigenvalue weighted by molar-refractivity contribution is 8.00. The molecule has 0 aliphatic heterocycles. The molecule has 1 aromatic heterocycles. The van der Waals surface area contributed by atoms with E-state index in [2.05, 4.69) is 30.3 Å². The number of fused-ring (bicyclic) bond motifs is 2. The molecule has 4 heteroatoms. The fourth-order valence-corrected chi connectivity index (χ4v) is 4.73. The highest BCUT2D eigenvalue weighted by atomic mass is 32.2. The summed E-state index contributed by atoms with van der Waals surface area (Å²) < 4.78 is 0. The standard InChI is InChI=1S/C22H22N2OS/c1-24(14-16-8-3-2-4-9-16)21(25)15-26-22-17-10-5-6-12-19(17)23-20-13-7-11-18(20)22/h2-6,8-10,12H,7,11,13-15H2,1H3. The number of amides is 1. The summed E-state index contributed by atoms with van der Waals surface area (Å²) in [5.74, 6) is 0.621. The summed E-state index contributed by atoms with van der Waals surface area (Å²) in [5.41, 5.74) is 4.77. The third-order valence-electron chi connectivity index (χ3n) is 4.90. The summed E-state index contributed by atoms with van der Waals surface area (Å²) in [5, 5.41) is 1.18. The minimum atomic E-state index is 0.159. The molecule has 0 N–H and O–H groups in total. The van der Waals surface area contributed by atoms with Crippen molar-refractivity contribution in [3.8, 4) is 0 Å². The lowest BCUT2D eigenvalue weighted by Crippen LogP contribution is -2.27. The Morgan fingerprint density at radius 2 is 1.85 bits per heavy atom. The highest BCUT2D eigenvalue weighted by Crippen LogP contribution is 2.36. The van der Waals surface area contributed by atoms with Gasteiger partial charge in [0.2, 0.25) is 5.91 Å². The van der Waals surface area contributed by atoms with E-state index in [1.807, 2.05) is 36.2 Å². The first-order chi connectivity index (χ1) is 12.7. The third-order valence-corrected chi connectivity index (χ3v) is 6.04. The number of nitrogens with zero attached hydrogens (tertiary/aromatic N) is 2. The number of carbonyl (C=O) groups is 1. The van der Waals surface area contributed by atoms with Crippen LogP contribution in [0.4, 0.5) is 0 Å². The number of benzene rings is 2. The van der Waals surface area contributed by atoms with E-state index in [-0.39, 0.29) is 5.91 Å². The predicted octanol–water partition coefficient (Wildman–Crippen LogP) is 4.47. The van der Waals surface area contributed by atoms with Crippen LogP contribution in [0, 0.1) is 0 Å². The molecule has 0 bridgehead atoms. The maximum Gasteiger partial charge on any atom is 0.232 e. The topological polar surface area (TPSA) is 33.2 Å². The average Bonchev–Trinajstić information content (AvgIpc) is 3.13. The Hall–Kier alpha value is -2.33. The van der Waals surface area contributed by atoms with Crippen molar-refractivity contribution < 1.29 is 4.79 Å². The van der Waals surface area contributed by atoms with Crippen molar-refractivity contribution >= 4 is 28.6 Å². The molecule has 0 unspecified atom stereocenters. The van der Waals surface area contributed by atoms with Crippen molar-refractivity contribution in [2.45, 2.75) is 30.7 Å². The lowest BCUT2D eigenvalue weighted by molar-refractivity contribution is -0.127. The largest absolute Gasteiger partial charge is 0.341 e. The van der Waals surface area contributed by atoms with Crippen LogP contribution in [0.5, 0.6) is 0 Å². The fourth-order valence-electron chi connectivity index (χ4n) is 3.52. The maximum absolute atomic E-state index is 12.6. The molecule has 26 heavy (non-hydrogen) atoms. The minimum Gasteiger partial charge on any atom is -0.341 e. The van der Waals surface area contributed by atoms with Gasteiger partial charge in [0.05, 0.1) is 11.3 Å². The van der Waals surface area contributed by atoms with Crippen LogP contribution in [0.15, 0.2) is 59.5 Å². The van der Waals surface area contributed by atoms with Gasteiger partial charge in [-0.2, -0.15) is 0 Å². The van der Waals surface area contributed by atoms with Crippen LogP contribution in [0.25, 0.3) is 10.9 Å². The van der Waals surface area contributed by atoms with Crippen molar-refractivity contribution in [3.05, 3.63) is 71.4 Å². The van der Waals surface area contributed by atoms with E-state index >= 15 is 0 Å². The molecule has 1 aliphatic rings. The first kappa shape index (κ1) is 17.1. The number of aromatic nitrogens is 1. The van der Waals surface area contributed by atoms with Crippen LogP contribution >= 0.6 is 11.8 Å². The van der Waals surface area contributed by atoms with E-state index < -0.39 is 0 Å². The summed E-state index contributed by atoms with van der Waals surface area (Å²) in [7, 11) is 1.88. The second kappa shape index (κ2) is 7.50. The molecule has 1 heterocycles. The zero-order valence-corrected chi connectivity index (χ0v) is 15.8. The number of hydrogen-bond acceptors (Lipinski definition) is 3. The van der Waals surface area contributed by atoms with Gasteiger partial charge in [-0.1, -0.05) is 48.5 Å². The van der Waals surface area contributed by atoms with Gasteiger partial charge in [0.15, 0.2) is 0 Å². The minimum absolute atomic E-state index is 0.159. The van der Waals surface area contributed by atoms with Crippen LogP contribution in [-0.2, 0) is 24.2 Å². The van der Waals surface area contributed by atoms with Gasteiger partial charge in [-0.15, -0.1) is 11.8 Å². The number of pyridine rings is 1. The monoisotopic (exact) mass is 362 g/mol. The van der Waals surface area contributed by atoms with Gasteiger partial charge in [-0.05, 0) is 36.5 Å². The summed E-state index contributed by atoms with van der Waals surface area (Å²) in [4.78, 5) is 20.5. The molecular weight excluding hydrogens is 340 g/mol. The van der Waals surface area contributed by atoms with Crippen LogP contribution in [0.3, 0.4) is 0 Å². The Bertz CT molecular complexity index is 940. The molecule has 132 valence electrons. The number of para-hydroxylation sites is 1. The Morgan fingerprint density at radius 1 is 1.08 bits per heavy atom. The number of aryl methyl sites for hydroxylation is 1. The molecule has 0 atom stereocenters. The molecule has 4 rings (SSSR count). The molecule has 0 saturated carbocycles. The van der Waals surface area contributed by atoms with E-state index in [4.69, 9.17) is 4.98 Å². The van der Waals surface area contributed by atoms with E-state index in [0.29, 0.717) is 12.3 Å². The van der Waals surface area contributed by atoms with Gasteiger partial charge in [0, 0.05) is 29.6 Å². The quantitative estimate of drug-likeness (QED) is 0.628. The van der Waals surface area contributed by atoms with E-state index in [0.717, 1.165) is 30.3 Å². The first-order valence-corrected chi connectivity index (χ1v) is 10.0. The van der Waals surface area contributed by atoms with Crippen LogP contribution in [0.2, 0.25) is 0 Å². The predicted molar refractivity (Wildman–Crippen MR) is 107 cm³/mol. The Labute approximate surface area is 158 Å². The normalized spacial score (nSPS) is 13.0. The maximum atomic E-state index is 12.6. The van der Waals surface area contributed by atoms with Gasteiger partial charge >= 0.3 is 0 Å². The zero-order chi connectivity index (χ0) is 17.9. The molecule has 2 aromatic carbocycles. The zero-order valence-electron chi connectivity index (χ0n) is 14.9. The average molecular weight is 362 g/mol. The number of rotatable bonds is 5. The van der Waals surface area contributed by atoms with Gasteiger partial charge in [0.25, 0.3) is 0 Å². The SMILES string of the molecule is CN(Cc1ccccc1)C(=O)CSc1c2c(nc3ccccc13)CCC2. The molecule has 1 aliphatic carbocycles. The molecule has 3 nitrogen and oxygen atoms in total. The van der Waals surface area contributed by atoms with Crippen molar-refractivity contribution in [1.82, 2.24) is 9.88 Å². The summed E-state index contributed by atoms with van der Waals surface area (Å²) in [6.45, 7) is 0.648. The molecule has 0 fully saturated rings. The highest BCUT2D eigenvalue weighted by Gasteiger charge is 2.21. The first-order valence-electron chi connectivity index (χ1n) is 9.03. The van der Waals surface area contributed by atoms with Gasteiger partial charge < -0.3 is 4.90 Å². The molecule has 0 saturated heterocycles. The fraction of sp³-hybridized carbons (Fsp3) is 0.273. The van der Waals surface area contributed by atoms with Crippen molar-refractivity contribution in [3.63, 3.8) is 0 Å². The van der Waals surface area contributed by atoms with Crippen LogP contribution in [-0.4, -0.2) is 28.6 Å².